The van der Waals surface area contributed by atoms with Gasteiger partial charge in [-0.2, -0.15) is 0 Å². The van der Waals surface area contributed by atoms with Crippen molar-refractivity contribution in [3.8, 4) is 5.75 Å². The predicted molar refractivity (Wildman–Crippen MR) is 108 cm³/mol. The molecule has 0 radical (unpaired) electrons. The van der Waals surface area contributed by atoms with Crippen LogP contribution < -0.4 is 10.1 Å². The molecule has 0 saturated heterocycles. The average molecular weight is 424 g/mol. The molecule has 0 atom stereocenters. The van der Waals surface area contributed by atoms with Gasteiger partial charge in [0.1, 0.15) is 10.6 Å². The molecule has 1 heterocycles. The monoisotopic (exact) mass is 423 g/mol. The van der Waals surface area contributed by atoms with Crippen molar-refractivity contribution in [2.75, 3.05) is 19.0 Å². The van der Waals surface area contributed by atoms with Gasteiger partial charge < -0.3 is 14.8 Å². The molecule has 27 heavy (non-hydrogen) atoms. The quantitative estimate of drug-likeness (QED) is 0.563. The van der Waals surface area contributed by atoms with Crippen molar-refractivity contribution in [2.24, 2.45) is 0 Å². The fourth-order valence-corrected chi connectivity index (χ4v) is 4.15. The third-order valence-corrected chi connectivity index (χ3v) is 5.61. The minimum Gasteiger partial charge on any atom is -0.495 e. The molecule has 0 spiro atoms. The van der Waals surface area contributed by atoms with Gasteiger partial charge in [-0.25, -0.2) is 4.79 Å². The summed E-state index contributed by atoms with van der Waals surface area (Å²) in [5.41, 5.74) is 1.46. The van der Waals surface area contributed by atoms with Crippen LogP contribution in [-0.4, -0.2) is 25.6 Å². The minimum atomic E-state index is -0.663. The number of ether oxygens (including phenoxy) is 2. The van der Waals surface area contributed by atoms with E-state index in [1.807, 2.05) is 13.0 Å². The standard InChI is InChI=1S/C19H15Cl2NO4S/c1-10-3-6-14(25-2)13(7-10)22-16(23)9-26-19(24)18-17(21)12-5-4-11(20)8-15(12)27-18/h3-8H,9H2,1-2H3,(H,22,23). The van der Waals surface area contributed by atoms with Crippen LogP contribution in [0.3, 0.4) is 0 Å². The van der Waals surface area contributed by atoms with Crippen molar-refractivity contribution in [3.05, 3.63) is 56.9 Å². The van der Waals surface area contributed by atoms with Gasteiger partial charge >= 0.3 is 5.97 Å². The van der Waals surface area contributed by atoms with Gasteiger partial charge in [0.05, 0.1) is 17.8 Å². The number of methoxy groups -OCH3 is 1. The number of carbonyl (C=O) groups excluding carboxylic acids is 2. The van der Waals surface area contributed by atoms with Crippen molar-refractivity contribution in [1.82, 2.24) is 0 Å². The Balaban J connectivity index is 1.68. The number of aryl methyl sites for hydroxylation is 1. The van der Waals surface area contributed by atoms with Gasteiger partial charge in [-0.3, -0.25) is 4.79 Å². The normalized spacial score (nSPS) is 10.7. The van der Waals surface area contributed by atoms with Crippen LogP contribution in [0.2, 0.25) is 10.0 Å². The van der Waals surface area contributed by atoms with Crippen LogP contribution in [0.15, 0.2) is 36.4 Å². The fourth-order valence-electron chi connectivity index (χ4n) is 2.47. The van der Waals surface area contributed by atoms with E-state index in [4.69, 9.17) is 32.7 Å². The number of amides is 1. The summed E-state index contributed by atoms with van der Waals surface area (Å²) >= 11 is 13.4. The highest BCUT2D eigenvalue weighted by Gasteiger charge is 2.20. The van der Waals surface area contributed by atoms with Crippen molar-refractivity contribution in [1.29, 1.82) is 0 Å². The first-order chi connectivity index (χ1) is 12.9. The largest absolute Gasteiger partial charge is 0.495 e. The van der Waals surface area contributed by atoms with Crippen LogP contribution in [0.5, 0.6) is 5.75 Å². The Kier molecular flexibility index (Phi) is 5.89. The second-order valence-corrected chi connectivity index (χ2v) is 7.58. The van der Waals surface area contributed by atoms with Gasteiger partial charge in [0, 0.05) is 15.1 Å². The van der Waals surface area contributed by atoms with Gasteiger partial charge in [0.15, 0.2) is 6.61 Å². The topological polar surface area (TPSA) is 64.6 Å². The third-order valence-electron chi connectivity index (χ3n) is 3.74. The lowest BCUT2D eigenvalue weighted by Crippen LogP contribution is -2.21. The smallest absolute Gasteiger partial charge is 0.350 e. The van der Waals surface area contributed by atoms with Crippen LogP contribution >= 0.6 is 34.5 Å². The second-order valence-electron chi connectivity index (χ2n) is 5.71. The molecule has 5 nitrogen and oxygen atoms in total. The van der Waals surface area contributed by atoms with E-state index in [2.05, 4.69) is 5.32 Å². The zero-order chi connectivity index (χ0) is 19.6. The highest BCUT2D eigenvalue weighted by atomic mass is 35.5. The van der Waals surface area contributed by atoms with E-state index in [9.17, 15) is 9.59 Å². The van der Waals surface area contributed by atoms with Crippen molar-refractivity contribution in [2.45, 2.75) is 6.92 Å². The zero-order valence-electron chi connectivity index (χ0n) is 14.5. The first-order valence-corrected chi connectivity index (χ1v) is 9.45. The van der Waals surface area contributed by atoms with Crippen molar-refractivity contribution >= 4 is 62.2 Å². The summed E-state index contributed by atoms with van der Waals surface area (Å²) in [6.07, 6.45) is 0. The van der Waals surface area contributed by atoms with Crippen molar-refractivity contribution < 1.29 is 19.1 Å². The predicted octanol–water partition coefficient (Wildman–Crippen LogP) is 5.32. The van der Waals surface area contributed by atoms with E-state index in [0.717, 1.165) is 10.3 Å². The van der Waals surface area contributed by atoms with Gasteiger partial charge in [0.2, 0.25) is 0 Å². The number of nitrogens with one attached hydrogen (secondary N) is 1. The molecule has 140 valence electrons. The highest BCUT2D eigenvalue weighted by Crippen LogP contribution is 2.37. The fraction of sp³-hybridized carbons (Fsp3) is 0.158. The lowest BCUT2D eigenvalue weighted by Gasteiger charge is -2.11. The summed E-state index contributed by atoms with van der Waals surface area (Å²) in [4.78, 5) is 24.7. The molecule has 0 aliphatic heterocycles. The Morgan fingerprint density at radius 3 is 2.67 bits per heavy atom. The number of carbonyl (C=O) groups is 2. The van der Waals surface area contributed by atoms with Crippen LogP contribution in [0.4, 0.5) is 5.69 Å². The Hall–Kier alpha value is -2.28. The summed E-state index contributed by atoms with van der Waals surface area (Å²) in [6.45, 7) is 1.45. The Bertz CT molecular complexity index is 1030. The third kappa shape index (κ3) is 4.35. The summed E-state index contributed by atoms with van der Waals surface area (Å²) < 4.78 is 11.1. The maximum atomic E-state index is 12.3. The van der Waals surface area contributed by atoms with Crippen LogP contribution in [0, 0.1) is 6.92 Å². The second kappa shape index (κ2) is 8.17. The molecule has 0 saturated carbocycles. The maximum absolute atomic E-state index is 12.3. The number of rotatable bonds is 5. The van der Waals surface area contributed by atoms with Crippen LogP contribution in [0.1, 0.15) is 15.2 Å². The Morgan fingerprint density at radius 1 is 1.15 bits per heavy atom. The van der Waals surface area contributed by atoms with E-state index >= 15 is 0 Å². The van der Waals surface area contributed by atoms with Gasteiger partial charge in [-0.15, -0.1) is 11.3 Å². The summed E-state index contributed by atoms with van der Waals surface area (Å²) in [7, 11) is 1.51. The van der Waals surface area contributed by atoms with Crippen LogP contribution in [0.25, 0.3) is 10.1 Å². The number of hydrogen-bond acceptors (Lipinski definition) is 5. The summed E-state index contributed by atoms with van der Waals surface area (Å²) in [5, 5.41) is 4.22. The highest BCUT2D eigenvalue weighted by molar-refractivity contribution is 7.21. The molecule has 0 aliphatic rings. The maximum Gasteiger partial charge on any atom is 0.350 e. The molecule has 0 aliphatic carbocycles. The number of halogens is 2. The first-order valence-electron chi connectivity index (χ1n) is 7.88. The molecule has 0 fully saturated rings. The molecule has 3 rings (SSSR count). The minimum absolute atomic E-state index is 0.231. The number of fused-ring (bicyclic) bond motifs is 1. The van der Waals surface area contributed by atoms with Gasteiger partial charge in [0.25, 0.3) is 5.91 Å². The number of benzene rings is 2. The molecule has 8 heteroatoms. The number of esters is 1. The van der Waals surface area contributed by atoms with E-state index in [1.165, 1.54) is 18.4 Å². The SMILES string of the molecule is COc1ccc(C)cc1NC(=O)COC(=O)c1sc2cc(Cl)ccc2c1Cl. The molecule has 1 aromatic heterocycles. The van der Waals surface area contributed by atoms with E-state index in [1.54, 1.807) is 30.3 Å². The molecule has 3 aromatic rings. The molecular weight excluding hydrogens is 409 g/mol. The lowest BCUT2D eigenvalue weighted by atomic mass is 10.2. The summed E-state index contributed by atoms with van der Waals surface area (Å²) in [5.74, 6) is -0.624. The molecular formula is C19H15Cl2NO4S. The number of thiophene rings is 1. The van der Waals surface area contributed by atoms with Gasteiger partial charge in [-0.05, 0) is 36.8 Å². The summed E-state index contributed by atoms with van der Waals surface area (Å²) in [6, 6.07) is 10.5. The zero-order valence-corrected chi connectivity index (χ0v) is 16.8. The van der Waals surface area contributed by atoms with E-state index < -0.39 is 18.5 Å². The van der Waals surface area contributed by atoms with Crippen LogP contribution in [-0.2, 0) is 9.53 Å². The molecule has 0 bridgehead atoms. The van der Waals surface area contributed by atoms with Crippen molar-refractivity contribution in [3.63, 3.8) is 0 Å². The first kappa shape index (κ1) is 19.5. The number of anilines is 1. The van der Waals surface area contributed by atoms with E-state index in [-0.39, 0.29) is 9.90 Å². The lowest BCUT2D eigenvalue weighted by molar-refractivity contribution is -0.119. The molecule has 0 unspecified atom stereocenters. The Labute approximate surface area is 169 Å². The Morgan fingerprint density at radius 2 is 1.93 bits per heavy atom. The molecule has 2 aromatic carbocycles. The average Bonchev–Trinajstić information content (AvgIpc) is 2.96. The van der Waals surface area contributed by atoms with E-state index in [0.29, 0.717) is 21.8 Å². The number of hydrogen-bond donors (Lipinski definition) is 1. The molecule has 1 N–H and O–H groups in total. The van der Waals surface area contributed by atoms with Gasteiger partial charge in [-0.1, -0.05) is 35.3 Å². The molecule has 1 amide bonds.